The van der Waals surface area contributed by atoms with Gasteiger partial charge in [0.15, 0.2) is 5.78 Å². The van der Waals surface area contributed by atoms with Crippen LogP contribution in [0.25, 0.3) is 0 Å². The van der Waals surface area contributed by atoms with Gasteiger partial charge in [-0.1, -0.05) is 20.8 Å². The van der Waals surface area contributed by atoms with Crippen LogP contribution in [0.1, 0.15) is 50.8 Å². The largest absolute Gasteiger partial charge is 0.421 e. The standard InChI is InChI=1S/C14H17F3N2O2/c1-13(2,3)11(20)7-19-12(21)9(14(15,16)17)6-10(18-19)8-4-5-8/h6,8H,4-5,7H2,1-3H3. The van der Waals surface area contributed by atoms with Gasteiger partial charge in [-0.25, -0.2) is 4.68 Å². The molecule has 0 bridgehead atoms. The molecule has 0 aromatic carbocycles. The third-order valence-corrected chi connectivity index (χ3v) is 3.42. The van der Waals surface area contributed by atoms with Gasteiger partial charge in [0.05, 0.1) is 5.69 Å². The van der Waals surface area contributed by atoms with Gasteiger partial charge in [0.25, 0.3) is 5.56 Å². The molecule has 1 heterocycles. The van der Waals surface area contributed by atoms with E-state index >= 15 is 0 Å². The highest BCUT2D eigenvalue weighted by Gasteiger charge is 2.38. The molecule has 0 spiro atoms. The van der Waals surface area contributed by atoms with E-state index in [0.29, 0.717) is 4.68 Å². The summed E-state index contributed by atoms with van der Waals surface area (Å²) in [4.78, 5) is 23.9. The quantitative estimate of drug-likeness (QED) is 0.862. The first kappa shape index (κ1) is 15.7. The fraction of sp³-hybridized carbons (Fsp3) is 0.643. The molecule has 0 amide bonds. The van der Waals surface area contributed by atoms with Crippen molar-refractivity contribution in [3.63, 3.8) is 0 Å². The van der Waals surface area contributed by atoms with Crippen molar-refractivity contribution in [2.24, 2.45) is 5.41 Å². The van der Waals surface area contributed by atoms with Crippen LogP contribution in [0.2, 0.25) is 0 Å². The van der Waals surface area contributed by atoms with E-state index in [9.17, 15) is 22.8 Å². The van der Waals surface area contributed by atoms with Crippen LogP contribution >= 0.6 is 0 Å². The SMILES string of the molecule is CC(C)(C)C(=O)Cn1nc(C2CC2)cc(C(F)(F)F)c1=O. The monoisotopic (exact) mass is 302 g/mol. The maximum Gasteiger partial charge on any atom is 0.421 e. The predicted octanol–water partition coefficient (Wildman–Crippen LogP) is 2.75. The Morgan fingerprint density at radius 3 is 2.33 bits per heavy atom. The van der Waals surface area contributed by atoms with Crippen LogP contribution in [0.5, 0.6) is 0 Å². The Labute approximate surface area is 120 Å². The fourth-order valence-electron chi connectivity index (χ4n) is 1.82. The normalized spacial score (nSPS) is 16.1. The number of nitrogens with zero attached hydrogens (tertiary/aromatic N) is 2. The van der Waals surface area contributed by atoms with Crippen LogP contribution in [0.15, 0.2) is 10.9 Å². The summed E-state index contributed by atoms with van der Waals surface area (Å²) in [5.41, 5.74) is -3.01. The highest BCUT2D eigenvalue weighted by atomic mass is 19.4. The van der Waals surface area contributed by atoms with Crippen molar-refractivity contribution in [2.45, 2.75) is 52.3 Å². The van der Waals surface area contributed by atoms with Gasteiger partial charge in [-0.2, -0.15) is 18.3 Å². The van der Waals surface area contributed by atoms with E-state index in [4.69, 9.17) is 0 Å². The minimum absolute atomic E-state index is 0.0392. The maximum atomic E-state index is 12.9. The maximum absolute atomic E-state index is 12.9. The second kappa shape index (κ2) is 4.96. The summed E-state index contributed by atoms with van der Waals surface area (Å²) in [6.07, 6.45) is -3.22. The van der Waals surface area contributed by atoms with Crippen molar-refractivity contribution < 1.29 is 18.0 Å². The number of carbonyl (C=O) groups excluding carboxylic acids is 1. The summed E-state index contributed by atoms with van der Waals surface area (Å²) in [5.74, 6) is -0.374. The minimum Gasteiger partial charge on any atom is -0.297 e. The number of ketones is 1. The third kappa shape index (κ3) is 3.51. The molecule has 0 saturated heterocycles. The van der Waals surface area contributed by atoms with Gasteiger partial charge in [0.2, 0.25) is 0 Å². The Kier molecular flexibility index (Phi) is 3.71. The number of Topliss-reactive ketones (excluding diaryl/α,β-unsaturated/α-hetero) is 1. The van der Waals surface area contributed by atoms with E-state index in [1.54, 1.807) is 20.8 Å². The van der Waals surface area contributed by atoms with Gasteiger partial charge < -0.3 is 0 Å². The number of hydrogen-bond donors (Lipinski definition) is 0. The molecule has 0 radical (unpaired) electrons. The first-order valence-electron chi connectivity index (χ1n) is 6.72. The van der Waals surface area contributed by atoms with Crippen LogP contribution < -0.4 is 5.56 Å². The molecule has 0 unspecified atom stereocenters. The molecule has 1 aliphatic carbocycles. The molecule has 116 valence electrons. The Balaban J connectivity index is 2.47. The first-order valence-corrected chi connectivity index (χ1v) is 6.72. The molecule has 7 heteroatoms. The molecule has 1 saturated carbocycles. The number of carbonyl (C=O) groups is 1. The van der Waals surface area contributed by atoms with E-state index < -0.39 is 29.3 Å². The molecular formula is C14H17F3N2O2. The van der Waals surface area contributed by atoms with Gasteiger partial charge in [0, 0.05) is 11.3 Å². The Morgan fingerprint density at radius 1 is 1.33 bits per heavy atom. The number of rotatable bonds is 3. The molecule has 0 atom stereocenters. The van der Waals surface area contributed by atoms with Gasteiger partial charge in [-0.15, -0.1) is 0 Å². The van der Waals surface area contributed by atoms with Gasteiger partial charge in [0.1, 0.15) is 12.1 Å². The molecule has 1 fully saturated rings. The number of halogens is 3. The molecular weight excluding hydrogens is 285 g/mol. The lowest BCUT2D eigenvalue weighted by Gasteiger charge is -2.18. The van der Waals surface area contributed by atoms with Gasteiger partial charge in [-0.3, -0.25) is 9.59 Å². The number of aromatic nitrogens is 2. The molecule has 1 aromatic heterocycles. The summed E-state index contributed by atoms with van der Waals surface area (Å²) in [6, 6.07) is 0.818. The Bertz CT molecular complexity index is 623. The second-order valence-corrected chi connectivity index (χ2v) is 6.39. The van der Waals surface area contributed by atoms with Crippen molar-refractivity contribution in [1.82, 2.24) is 9.78 Å². The highest BCUT2D eigenvalue weighted by molar-refractivity contribution is 5.83. The van der Waals surface area contributed by atoms with Crippen LogP contribution in [0.4, 0.5) is 13.2 Å². The average Bonchev–Trinajstić information content (AvgIpc) is 3.12. The second-order valence-electron chi connectivity index (χ2n) is 6.39. The van der Waals surface area contributed by atoms with Gasteiger partial charge >= 0.3 is 6.18 Å². The van der Waals surface area contributed by atoms with Crippen LogP contribution in [0.3, 0.4) is 0 Å². The van der Waals surface area contributed by atoms with E-state index in [0.717, 1.165) is 18.9 Å². The molecule has 0 N–H and O–H groups in total. The van der Waals surface area contributed by atoms with E-state index in [1.165, 1.54) is 0 Å². The Morgan fingerprint density at radius 2 is 1.90 bits per heavy atom. The molecule has 0 aliphatic heterocycles. The van der Waals surface area contributed by atoms with Crippen LogP contribution in [-0.2, 0) is 17.5 Å². The predicted molar refractivity (Wildman–Crippen MR) is 69.9 cm³/mol. The van der Waals surface area contributed by atoms with Crippen LogP contribution in [-0.4, -0.2) is 15.6 Å². The first-order chi connectivity index (χ1) is 9.50. The lowest BCUT2D eigenvalue weighted by molar-refractivity contribution is -0.139. The summed E-state index contributed by atoms with van der Waals surface area (Å²) in [7, 11) is 0. The van der Waals surface area contributed by atoms with Crippen molar-refractivity contribution in [3.05, 3.63) is 27.7 Å². The van der Waals surface area contributed by atoms with Gasteiger partial charge in [-0.05, 0) is 18.9 Å². The smallest absolute Gasteiger partial charge is 0.297 e. The van der Waals surface area contributed by atoms with Crippen LogP contribution in [0, 0.1) is 5.41 Å². The van der Waals surface area contributed by atoms with E-state index in [1.807, 2.05) is 0 Å². The zero-order valence-electron chi connectivity index (χ0n) is 12.1. The summed E-state index contributed by atoms with van der Waals surface area (Å²) in [5, 5.41) is 3.95. The molecule has 1 aliphatic rings. The molecule has 4 nitrogen and oxygen atoms in total. The van der Waals surface area contributed by atoms with E-state index in [-0.39, 0.29) is 17.4 Å². The van der Waals surface area contributed by atoms with Crippen molar-refractivity contribution in [2.75, 3.05) is 0 Å². The number of alkyl halides is 3. The van der Waals surface area contributed by atoms with Crippen molar-refractivity contribution in [1.29, 1.82) is 0 Å². The molecule has 2 rings (SSSR count). The zero-order chi connectivity index (χ0) is 16.0. The summed E-state index contributed by atoms with van der Waals surface area (Å²) in [6.45, 7) is 4.51. The average molecular weight is 302 g/mol. The summed E-state index contributed by atoms with van der Waals surface area (Å²) < 4.78 is 39.5. The topological polar surface area (TPSA) is 52.0 Å². The third-order valence-electron chi connectivity index (χ3n) is 3.42. The van der Waals surface area contributed by atoms with E-state index in [2.05, 4.69) is 5.10 Å². The summed E-state index contributed by atoms with van der Waals surface area (Å²) >= 11 is 0. The Hall–Kier alpha value is -1.66. The van der Waals surface area contributed by atoms with Crippen molar-refractivity contribution >= 4 is 5.78 Å². The molecule has 1 aromatic rings. The lowest BCUT2D eigenvalue weighted by atomic mass is 9.91. The highest BCUT2D eigenvalue weighted by Crippen LogP contribution is 2.40. The minimum atomic E-state index is -4.74. The molecule has 21 heavy (non-hydrogen) atoms. The fourth-order valence-corrected chi connectivity index (χ4v) is 1.82. The van der Waals surface area contributed by atoms with Crippen molar-refractivity contribution in [3.8, 4) is 0 Å². The zero-order valence-corrected chi connectivity index (χ0v) is 12.1. The number of hydrogen-bond acceptors (Lipinski definition) is 3. The lowest BCUT2D eigenvalue weighted by Crippen LogP contribution is -2.36.